The maximum atomic E-state index is 12.1. The molecule has 5 nitrogen and oxygen atoms in total. The predicted octanol–water partition coefficient (Wildman–Crippen LogP) is 2.62. The zero-order chi connectivity index (χ0) is 15.3. The fourth-order valence-corrected chi connectivity index (χ4v) is 1.77. The van der Waals surface area contributed by atoms with Crippen molar-refractivity contribution in [2.75, 3.05) is 5.32 Å². The maximum absolute atomic E-state index is 12.1. The summed E-state index contributed by atoms with van der Waals surface area (Å²) in [5, 5.41) is 6.07. The van der Waals surface area contributed by atoms with Crippen molar-refractivity contribution in [3.8, 4) is 0 Å². The average molecular weight is 284 g/mol. The van der Waals surface area contributed by atoms with Crippen molar-refractivity contribution in [3.05, 3.63) is 54.0 Å². The van der Waals surface area contributed by atoms with Crippen molar-refractivity contribution < 1.29 is 4.79 Å². The molecular formula is C16H20N4O. The highest BCUT2D eigenvalue weighted by atomic mass is 16.2. The van der Waals surface area contributed by atoms with E-state index in [-0.39, 0.29) is 11.4 Å². The number of nitrogens with one attached hydrogen (secondary N) is 2. The predicted molar refractivity (Wildman–Crippen MR) is 83.0 cm³/mol. The van der Waals surface area contributed by atoms with E-state index >= 15 is 0 Å². The highest BCUT2D eigenvalue weighted by Crippen LogP contribution is 2.08. The van der Waals surface area contributed by atoms with Gasteiger partial charge in [-0.1, -0.05) is 30.3 Å². The van der Waals surface area contributed by atoms with Gasteiger partial charge in [0.2, 0.25) is 0 Å². The molecule has 5 heteroatoms. The first kappa shape index (κ1) is 15.0. The van der Waals surface area contributed by atoms with Gasteiger partial charge >= 0.3 is 0 Å². The van der Waals surface area contributed by atoms with E-state index in [1.165, 1.54) is 6.33 Å². The number of aromatic nitrogens is 2. The minimum Gasteiger partial charge on any atom is -0.366 e. The van der Waals surface area contributed by atoms with E-state index in [2.05, 4.69) is 20.6 Å². The van der Waals surface area contributed by atoms with Gasteiger partial charge in [0, 0.05) is 18.2 Å². The number of amides is 1. The van der Waals surface area contributed by atoms with E-state index in [0.29, 0.717) is 18.1 Å². The summed E-state index contributed by atoms with van der Waals surface area (Å²) < 4.78 is 0. The fourth-order valence-electron chi connectivity index (χ4n) is 1.77. The standard InChI is InChI=1S/C16H20N4O/c1-16(2,3)20-15(21)13-9-14(19-11-18-13)17-10-12-7-5-4-6-8-12/h4-9,11H,10H2,1-3H3,(H,20,21)(H,17,18,19). The Labute approximate surface area is 124 Å². The van der Waals surface area contributed by atoms with E-state index in [0.717, 1.165) is 5.56 Å². The van der Waals surface area contributed by atoms with Gasteiger partial charge in [-0.15, -0.1) is 0 Å². The summed E-state index contributed by atoms with van der Waals surface area (Å²) in [5.41, 5.74) is 1.21. The second kappa shape index (κ2) is 6.35. The van der Waals surface area contributed by atoms with E-state index in [4.69, 9.17) is 0 Å². The molecule has 1 amide bonds. The van der Waals surface area contributed by atoms with Gasteiger partial charge in [0.15, 0.2) is 0 Å². The van der Waals surface area contributed by atoms with Crippen LogP contribution in [-0.4, -0.2) is 21.4 Å². The number of hydrogen-bond acceptors (Lipinski definition) is 4. The van der Waals surface area contributed by atoms with Crippen molar-refractivity contribution in [2.45, 2.75) is 32.9 Å². The fraction of sp³-hybridized carbons (Fsp3) is 0.312. The van der Waals surface area contributed by atoms with Gasteiger partial charge in [0.1, 0.15) is 17.8 Å². The Hall–Kier alpha value is -2.43. The normalized spacial score (nSPS) is 11.0. The third-order valence-corrected chi connectivity index (χ3v) is 2.70. The van der Waals surface area contributed by atoms with E-state index in [1.807, 2.05) is 51.1 Å². The quantitative estimate of drug-likeness (QED) is 0.905. The van der Waals surface area contributed by atoms with Gasteiger partial charge in [-0.25, -0.2) is 9.97 Å². The van der Waals surface area contributed by atoms with Gasteiger partial charge < -0.3 is 10.6 Å². The third-order valence-electron chi connectivity index (χ3n) is 2.70. The monoisotopic (exact) mass is 284 g/mol. The molecule has 0 saturated heterocycles. The molecule has 1 aromatic heterocycles. The second-order valence-electron chi connectivity index (χ2n) is 5.83. The number of rotatable bonds is 4. The van der Waals surface area contributed by atoms with Crippen LogP contribution in [0.3, 0.4) is 0 Å². The van der Waals surface area contributed by atoms with Crippen LogP contribution in [0.2, 0.25) is 0 Å². The van der Waals surface area contributed by atoms with Crippen molar-refractivity contribution in [1.29, 1.82) is 0 Å². The van der Waals surface area contributed by atoms with E-state index < -0.39 is 0 Å². The van der Waals surface area contributed by atoms with Crippen LogP contribution in [-0.2, 0) is 6.54 Å². The molecule has 110 valence electrons. The molecule has 1 aromatic carbocycles. The lowest BCUT2D eigenvalue weighted by Gasteiger charge is -2.20. The summed E-state index contributed by atoms with van der Waals surface area (Å²) in [4.78, 5) is 20.2. The highest BCUT2D eigenvalue weighted by Gasteiger charge is 2.16. The minimum atomic E-state index is -0.292. The first-order valence-corrected chi connectivity index (χ1v) is 6.86. The van der Waals surface area contributed by atoms with E-state index in [1.54, 1.807) is 6.07 Å². The summed E-state index contributed by atoms with van der Waals surface area (Å²) in [6, 6.07) is 11.7. The number of nitrogens with zero attached hydrogens (tertiary/aromatic N) is 2. The molecule has 0 bridgehead atoms. The number of hydrogen-bond donors (Lipinski definition) is 2. The lowest BCUT2D eigenvalue weighted by atomic mass is 10.1. The molecule has 1 heterocycles. The lowest BCUT2D eigenvalue weighted by molar-refractivity contribution is 0.0914. The van der Waals surface area contributed by atoms with Crippen LogP contribution in [0, 0.1) is 0 Å². The molecule has 0 unspecified atom stereocenters. The van der Waals surface area contributed by atoms with Gasteiger partial charge in [-0.2, -0.15) is 0 Å². The summed E-state index contributed by atoms with van der Waals surface area (Å²) >= 11 is 0. The summed E-state index contributed by atoms with van der Waals surface area (Å²) in [5.74, 6) is 0.431. The SMILES string of the molecule is CC(C)(C)NC(=O)c1cc(NCc2ccccc2)ncn1. The van der Waals surface area contributed by atoms with Crippen molar-refractivity contribution in [3.63, 3.8) is 0 Å². The number of carbonyl (C=O) groups excluding carboxylic acids is 1. The molecule has 0 aliphatic heterocycles. The van der Waals surface area contributed by atoms with Gasteiger partial charge in [-0.05, 0) is 26.3 Å². The minimum absolute atomic E-state index is 0.201. The van der Waals surface area contributed by atoms with Gasteiger partial charge in [-0.3, -0.25) is 4.79 Å². The summed E-state index contributed by atoms with van der Waals surface area (Å²) in [7, 11) is 0. The molecule has 0 fully saturated rings. The molecule has 21 heavy (non-hydrogen) atoms. The van der Waals surface area contributed by atoms with Crippen molar-refractivity contribution >= 4 is 11.7 Å². The molecule has 0 aliphatic rings. The zero-order valence-electron chi connectivity index (χ0n) is 12.6. The Morgan fingerprint density at radius 3 is 2.52 bits per heavy atom. The zero-order valence-corrected chi connectivity index (χ0v) is 12.6. The molecule has 0 saturated carbocycles. The lowest BCUT2D eigenvalue weighted by Crippen LogP contribution is -2.40. The van der Waals surface area contributed by atoms with Crippen LogP contribution >= 0.6 is 0 Å². The van der Waals surface area contributed by atoms with Crippen molar-refractivity contribution in [1.82, 2.24) is 15.3 Å². The first-order valence-electron chi connectivity index (χ1n) is 6.86. The Morgan fingerprint density at radius 1 is 1.14 bits per heavy atom. The Balaban J connectivity index is 2.02. The molecule has 0 aliphatic carbocycles. The first-order chi connectivity index (χ1) is 9.94. The van der Waals surface area contributed by atoms with Gasteiger partial charge in [0.25, 0.3) is 5.91 Å². The maximum Gasteiger partial charge on any atom is 0.270 e. The molecule has 0 atom stereocenters. The van der Waals surface area contributed by atoms with Crippen LogP contribution in [0.1, 0.15) is 36.8 Å². The molecule has 2 N–H and O–H groups in total. The number of carbonyl (C=O) groups is 1. The average Bonchev–Trinajstić information content (AvgIpc) is 2.45. The molecule has 2 rings (SSSR count). The molecule has 0 radical (unpaired) electrons. The van der Waals surface area contributed by atoms with Crippen LogP contribution in [0.5, 0.6) is 0 Å². The molecular weight excluding hydrogens is 264 g/mol. The number of benzene rings is 1. The third kappa shape index (κ3) is 4.87. The Morgan fingerprint density at radius 2 is 1.86 bits per heavy atom. The number of anilines is 1. The van der Waals surface area contributed by atoms with Crippen LogP contribution in [0.25, 0.3) is 0 Å². The Kier molecular flexibility index (Phi) is 4.52. The van der Waals surface area contributed by atoms with E-state index in [9.17, 15) is 4.79 Å². The topological polar surface area (TPSA) is 66.9 Å². The molecule has 0 spiro atoms. The van der Waals surface area contributed by atoms with Gasteiger partial charge in [0.05, 0.1) is 0 Å². The largest absolute Gasteiger partial charge is 0.366 e. The van der Waals surface area contributed by atoms with Crippen LogP contribution in [0.15, 0.2) is 42.7 Å². The second-order valence-corrected chi connectivity index (χ2v) is 5.83. The Bertz CT molecular complexity index is 605. The van der Waals surface area contributed by atoms with Crippen LogP contribution < -0.4 is 10.6 Å². The summed E-state index contributed by atoms with van der Waals surface area (Å²) in [6.07, 6.45) is 1.39. The van der Waals surface area contributed by atoms with Crippen LogP contribution in [0.4, 0.5) is 5.82 Å². The summed E-state index contributed by atoms with van der Waals surface area (Å²) in [6.45, 7) is 6.44. The smallest absolute Gasteiger partial charge is 0.270 e. The van der Waals surface area contributed by atoms with Crippen molar-refractivity contribution in [2.24, 2.45) is 0 Å². The molecule has 2 aromatic rings. The highest BCUT2D eigenvalue weighted by molar-refractivity contribution is 5.93.